The first-order chi connectivity index (χ1) is 9.58. The van der Waals surface area contributed by atoms with Crippen molar-refractivity contribution >= 4 is 28.9 Å². The predicted molar refractivity (Wildman–Crippen MR) is 77.6 cm³/mol. The van der Waals surface area contributed by atoms with Gasteiger partial charge >= 0.3 is 0 Å². The van der Waals surface area contributed by atoms with E-state index in [9.17, 15) is 9.18 Å². The van der Waals surface area contributed by atoms with Crippen molar-refractivity contribution in [1.82, 2.24) is 0 Å². The van der Waals surface area contributed by atoms with Gasteiger partial charge in [-0.2, -0.15) is 0 Å². The van der Waals surface area contributed by atoms with E-state index in [-0.39, 0.29) is 5.56 Å². The standard InChI is InChI=1S/C15H12ClFN2O/c16-10-4-5-12(17)11(8-10)15(20)19-7-6-9-2-1-3-13(18)14(9)19/h1-5,8H,6-7,18H2. The quantitative estimate of drug-likeness (QED) is 0.819. The molecule has 5 heteroatoms. The third-order valence-electron chi connectivity index (χ3n) is 3.43. The lowest BCUT2D eigenvalue weighted by Gasteiger charge is -2.19. The van der Waals surface area contributed by atoms with Gasteiger partial charge in [-0.15, -0.1) is 0 Å². The van der Waals surface area contributed by atoms with E-state index < -0.39 is 11.7 Å². The fourth-order valence-electron chi connectivity index (χ4n) is 2.50. The van der Waals surface area contributed by atoms with Crippen LogP contribution in [0.2, 0.25) is 5.02 Å². The lowest BCUT2D eigenvalue weighted by Crippen LogP contribution is -2.30. The zero-order valence-electron chi connectivity index (χ0n) is 10.6. The van der Waals surface area contributed by atoms with E-state index in [0.717, 1.165) is 5.56 Å². The second-order valence-corrected chi connectivity index (χ2v) is 5.12. The maximum absolute atomic E-state index is 13.8. The fraction of sp³-hybridized carbons (Fsp3) is 0.133. The fourth-order valence-corrected chi connectivity index (χ4v) is 2.67. The number of carbonyl (C=O) groups is 1. The lowest BCUT2D eigenvalue weighted by atomic mass is 10.1. The Morgan fingerprint density at radius 2 is 2.10 bits per heavy atom. The van der Waals surface area contributed by atoms with E-state index in [1.807, 2.05) is 12.1 Å². The molecule has 1 aliphatic rings. The smallest absolute Gasteiger partial charge is 0.261 e. The highest BCUT2D eigenvalue weighted by atomic mass is 35.5. The van der Waals surface area contributed by atoms with E-state index in [1.54, 1.807) is 6.07 Å². The van der Waals surface area contributed by atoms with Crippen LogP contribution in [0.5, 0.6) is 0 Å². The molecule has 0 bridgehead atoms. The maximum Gasteiger partial charge on any atom is 0.261 e. The third-order valence-corrected chi connectivity index (χ3v) is 3.66. The molecule has 0 aliphatic carbocycles. The zero-order chi connectivity index (χ0) is 14.3. The van der Waals surface area contributed by atoms with Gasteiger partial charge in [0.1, 0.15) is 5.82 Å². The maximum atomic E-state index is 13.8. The van der Waals surface area contributed by atoms with E-state index in [1.165, 1.54) is 23.1 Å². The molecule has 0 spiro atoms. The molecule has 102 valence electrons. The van der Waals surface area contributed by atoms with E-state index in [0.29, 0.717) is 29.4 Å². The second-order valence-electron chi connectivity index (χ2n) is 4.69. The Labute approximate surface area is 120 Å². The number of hydrogen-bond acceptors (Lipinski definition) is 2. The summed E-state index contributed by atoms with van der Waals surface area (Å²) in [5, 5.41) is 0.329. The Morgan fingerprint density at radius 3 is 2.90 bits per heavy atom. The molecule has 3 nitrogen and oxygen atoms in total. The number of nitrogen functional groups attached to an aromatic ring is 1. The van der Waals surface area contributed by atoms with Crippen LogP contribution in [0, 0.1) is 5.82 Å². The van der Waals surface area contributed by atoms with Gasteiger partial charge in [-0.25, -0.2) is 4.39 Å². The summed E-state index contributed by atoms with van der Waals surface area (Å²) < 4.78 is 13.8. The predicted octanol–water partition coefficient (Wildman–Crippen LogP) is 3.26. The molecular weight excluding hydrogens is 279 g/mol. The number of halogens is 2. The summed E-state index contributed by atoms with van der Waals surface area (Å²) in [4.78, 5) is 14.0. The molecule has 20 heavy (non-hydrogen) atoms. The Kier molecular flexibility index (Phi) is 3.10. The molecule has 0 saturated carbocycles. The van der Waals surface area contributed by atoms with Crippen LogP contribution in [0.1, 0.15) is 15.9 Å². The monoisotopic (exact) mass is 290 g/mol. The molecule has 0 atom stereocenters. The van der Waals surface area contributed by atoms with Crippen molar-refractivity contribution in [3.05, 3.63) is 58.4 Å². The van der Waals surface area contributed by atoms with Gasteiger partial charge in [0.05, 0.1) is 16.9 Å². The van der Waals surface area contributed by atoms with Crippen LogP contribution in [-0.4, -0.2) is 12.5 Å². The molecule has 1 aliphatic heterocycles. The van der Waals surface area contributed by atoms with Gasteiger partial charge in [0.2, 0.25) is 0 Å². The Hall–Kier alpha value is -2.07. The topological polar surface area (TPSA) is 46.3 Å². The number of hydrogen-bond donors (Lipinski definition) is 1. The van der Waals surface area contributed by atoms with Crippen LogP contribution in [0.15, 0.2) is 36.4 Å². The average molecular weight is 291 g/mol. The van der Waals surface area contributed by atoms with Gasteiger partial charge in [-0.1, -0.05) is 23.7 Å². The number of amides is 1. The van der Waals surface area contributed by atoms with E-state index in [2.05, 4.69) is 0 Å². The first kappa shape index (κ1) is 12.9. The lowest BCUT2D eigenvalue weighted by molar-refractivity contribution is 0.0985. The van der Waals surface area contributed by atoms with E-state index in [4.69, 9.17) is 17.3 Å². The van der Waals surface area contributed by atoms with Gasteiger partial charge in [0.25, 0.3) is 5.91 Å². The Morgan fingerprint density at radius 1 is 1.30 bits per heavy atom. The van der Waals surface area contributed by atoms with Gasteiger partial charge in [-0.05, 0) is 36.2 Å². The molecule has 0 unspecified atom stereocenters. The van der Waals surface area contributed by atoms with Crippen LogP contribution in [0.4, 0.5) is 15.8 Å². The van der Waals surface area contributed by atoms with Crippen molar-refractivity contribution in [2.24, 2.45) is 0 Å². The van der Waals surface area contributed by atoms with Crippen molar-refractivity contribution in [1.29, 1.82) is 0 Å². The highest BCUT2D eigenvalue weighted by molar-refractivity contribution is 6.31. The molecule has 0 aromatic heterocycles. The number of carbonyl (C=O) groups excluding carboxylic acids is 1. The normalized spacial score (nSPS) is 13.4. The zero-order valence-corrected chi connectivity index (χ0v) is 11.3. The van der Waals surface area contributed by atoms with Crippen molar-refractivity contribution in [3.8, 4) is 0 Å². The van der Waals surface area contributed by atoms with Crippen LogP contribution in [-0.2, 0) is 6.42 Å². The summed E-state index contributed by atoms with van der Waals surface area (Å²) in [5.74, 6) is -0.996. The summed E-state index contributed by atoms with van der Waals surface area (Å²) in [5.41, 5.74) is 8.10. The number of anilines is 2. The van der Waals surface area contributed by atoms with Gasteiger partial charge in [-0.3, -0.25) is 4.79 Å². The molecule has 0 fully saturated rings. The summed E-state index contributed by atoms with van der Waals surface area (Å²) in [6, 6.07) is 9.46. The summed E-state index contributed by atoms with van der Waals surface area (Å²) in [6.07, 6.45) is 0.717. The molecule has 1 amide bonds. The number of rotatable bonds is 1. The number of nitrogens with two attached hydrogens (primary N) is 1. The minimum Gasteiger partial charge on any atom is -0.397 e. The van der Waals surface area contributed by atoms with E-state index >= 15 is 0 Å². The molecule has 0 radical (unpaired) electrons. The second kappa shape index (κ2) is 4.80. The molecule has 2 aromatic carbocycles. The molecule has 2 aromatic rings. The SMILES string of the molecule is Nc1cccc2c1N(C(=O)c1cc(Cl)ccc1F)CC2. The molecule has 1 heterocycles. The third kappa shape index (κ3) is 2.02. The summed E-state index contributed by atoms with van der Waals surface area (Å²) in [7, 11) is 0. The number of benzene rings is 2. The number of para-hydroxylation sites is 1. The van der Waals surface area contributed by atoms with Crippen LogP contribution < -0.4 is 10.6 Å². The minimum atomic E-state index is -0.581. The summed E-state index contributed by atoms with van der Waals surface area (Å²) in [6.45, 7) is 0.494. The number of nitrogens with zero attached hydrogens (tertiary/aromatic N) is 1. The first-order valence-corrected chi connectivity index (χ1v) is 6.60. The van der Waals surface area contributed by atoms with Crippen molar-refractivity contribution < 1.29 is 9.18 Å². The van der Waals surface area contributed by atoms with Gasteiger partial charge in [0, 0.05) is 11.6 Å². The molecule has 3 rings (SSSR count). The minimum absolute atomic E-state index is 0.0337. The first-order valence-electron chi connectivity index (χ1n) is 6.22. The largest absolute Gasteiger partial charge is 0.397 e. The van der Waals surface area contributed by atoms with Crippen LogP contribution in [0.3, 0.4) is 0 Å². The Bertz CT molecular complexity index is 702. The summed E-state index contributed by atoms with van der Waals surface area (Å²) >= 11 is 5.84. The molecule has 2 N–H and O–H groups in total. The van der Waals surface area contributed by atoms with Crippen molar-refractivity contribution in [2.75, 3.05) is 17.2 Å². The van der Waals surface area contributed by atoms with Gasteiger partial charge < -0.3 is 10.6 Å². The van der Waals surface area contributed by atoms with Crippen molar-refractivity contribution in [2.45, 2.75) is 6.42 Å². The van der Waals surface area contributed by atoms with Crippen LogP contribution >= 0.6 is 11.6 Å². The van der Waals surface area contributed by atoms with Crippen LogP contribution in [0.25, 0.3) is 0 Å². The highest BCUT2D eigenvalue weighted by Crippen LogP contribution is 2.35. The molecule has 0 saturated heterocycles. The highest BCUT2D eigenvalue weighted by Gasteiger charge is 2.28. The number of fused-ring (bicyclic) bond motifs is 1. The molecular formula is C15H12ClFN2O. The Balaban J connectivity index is 2.04. The van der Waals surface area contributed by atoms with Gasteiger partial charge in [0.15, 0.2) is 0 Å². The van der Waals surface area contributed by atoms with Crippen molar-refractivity contribution in [3.63, 3.8) is 0 Å². The average Bonchev–Trinajstić information content (AvgIpc) is 2.86.